The van der Waals surface area contributed by atoms with Gasteiger partial charge in [0.2, 0.25) is 0 Å². The lowest BCUT2D eigenvalue weighted by atomic mass is 9.85. The van der Waals surface area contributed by atoms with Gasteiger partial charge in [0, 0.05) is 74.2 Å². The Labute approximate surface area is 218 Å². The molecule has 9 nitrogen and oxygen atoms in total. The lowest BCUT2D eigenvalue weighted by molar-refractivity contribution is -0.310. The summed E-state index contributed by atoms with van der Waals surface area (Å²) in [6, 6.07) is 9.59. The van der Waals surface area contributed by atoms with E-state index in [-0.39, 0.29) is 29.2 Å². The van der Waals surface area contributed by atoms with E-state index in [4.69, 9.17) is 11.5 Å². The van der Waals surface area contributed by atoms with E-state index < -0.39 is 17.7 Å². The molecule has 1 aromatic carbocycles. The summed E-state index contributed by atoms with van der Waals surface area (Å²) in [5, 5.41) is 10.6. The second kappa shape index (κ2) is 10.00. The van der Waals surface area contributed by atoms with Crippen molar-refractivity contribution in [3.63, 3.8) is 0 Å². The van der Waals surface area contributed by atoms with Gasteiger partial charge in [-0.3, -0.25) is 0 Å². The Bertz CT molecular complexity index is 1470. The Morgan fingerprint density at radius 2 is 1.92 bits per heavy atom. The first-order valence-corrected chi connectivity index (χ1v) is 11.8. The van der Waals surface area contributed by atoms with E-state index in [2.05, 4.69) is 20.8 Å². The summed E-state index contributed by atoms with van der Waals surface area (Å²) in [6.07, 6.45) is -0.978. The highest BCUT2D eigenvalue weighted by molar-refractivity contribution is 5.96. The van der Waals surface area contributed by atoms with Crippen molar-refractivity contribution in [1.29, 1.82) is 5.26 Å². The van der Waals surface area contributed by atoms with Gasteiger partial charge in [0.1, 0.15) is 17.4 Å². The van der Waals surface area contributed by atoms with Crippen molar-refractivity contribution in [2.24, 2.45) is 18.5 Å². The molecule has 12 heteroatoms. The summed E-state index contributed by atoms with van der Waals surface area (Å²) in [7, 11) is 7.36. The number of hydrogen-bond donors (Lipinski definition) is 2. The van der Waals surface area contributed by atoms with Gasteiger partial charge >= 0.3 is 6.36 Å². The second-order valence-corrected chi connectivity index (χ2v) is 9.58. The molecule has 0 radical (unpaired) electrons. The number of allylic oxidation sites excluding steroid dienone is 1. The van der Waals surface area contributed by atoms with E-state index in [1.807, 2.05) is 54.9 Å². The third-order valence-corrected chi connectivity index (χ3v) is 6.49. The number of rotatable bonds is 7. The molecule has 2 aromatic heterocycles. The molecular weight excluding hydrogens is 497 g/mol. The highest BCUT2D eigenvalue weighted by Gasteiger charge is 2.46. The van der Waals surface area contributed by atoms with Gasteiger partial charge in [-0.05, 0) is 20.2 Å². The zero-order chi connectivity index (χ0) is 27.8. The lowest BCUT2D eigenvalue weighted by Gasteiger charge is -2.37. The minimum atomic E-state index is -5.01. The largest absolute Gasteiger partial charge is 0.572 e. The molecule has 0 saturated heterocycles. The van der Waals surface area contributed by atoms with Crippen LogP contribution in [0.4, 0.5) is 13.2 Å². The van der Waals surface area contributed by atoms with Crippen LogP contribution < -0.4 is 11.5 Å². The molecule has 0 bridgehead atoms. The van der Waals surface area contributed by atoms with Crippen molar-refractivity contribution >= 4 is 10.9 Å². The molecule has 4 rings (SSSR count). The third kappa shape index (κ3) is 5.16. The van der Waals surface area contributed by atoms with Crippen LogP contribution in [0.15, 0.2) is 59.9 Å². The number of nitrogens with zero attached hydrogens (tertiary/aromatic N) is 6. The molecule has 38 heavy (non-hydrogen) atoms. The predicted molar refractivity (Wildman–Crippen MR) is 137 cm³/mol. The summed E-state index contributed by atoms with van der Waals surface area (Å²) >= 11 is 0. The molecule has 1 aliphatic rings. The average Bonchev–Trinajstić information content (AvgIpc) is 3.19. The maximum Gasteiger partial charge on any atom is 0.572 e. The maximum absolute atomic E-state index is 13.5. The number of likely N-dealkylation sites (N-methyl/N-ethyl adjacent to an activating group) is 2. The van der Waals surface area contributed by atoms with Crippen molar-refractivity contribution in [2.45, 2.75) is 18.3 Å². The second-order valence-electron chi connectivity index (χ2n) is 9.58. The fraction of sp³-hybridized carbons (Fsp3) is 0.346. The van der Waals surface area contributed by atoms with Crippen LogP contribution in [0.1, 0.15) is 17.8 Å². The molecule has 2 heterocycles. The zero-order valence-electron chi connectivity index (χ0n) is 21.5. The number of halogens is 3. The number of nitriles is 1. The van der Waals surface area contributed by atoms with E-state index in [0.717, 1.165) is 10.9 Å². The van der Waals surface area contributed by atoms with Gasteiger partial charge in [0.15, 0.2) is 5.82 Å². The maximum atomic E-state index is 13.5. The van der Waals surface area contributed by atoms with E-state index in [1.165, 1.54) is 12.3 Å². The molecule has 1 atom stereocenters. The van der Waals surface area contributed by atoms with Gasteiger partial charge in [-0.1, -0.05) is 18.2 Å². The van der Waals surface area contributed by atoms with Crippen LogP contribution >= 0.6 is 0 Å². The molecular formula is C26H29F3N8O. The molecule has 1 unspecified atom stereocenters. The molecule has 200 valence electrons. The van der Waals surface area contributed by atoms with Gasteiger partial charge < -0.3 is 30.6 Å². The van der Waals surface area contributed by atoms with Crippen LogP contribution in [0.3, 0.4) is 0 Å². The number of aromatic nitrogens is 3. The van der Waals surface area contributed by atoms with E-state index in [9.17, 15) is 18.4 Å². The molecule has 0 aliphatic heterocycles. The Morgan fingerprint density at radius 1 is 1.21 bits per heavy atom. The summed E-state index contributed by atoms with van der Waals surface area (Å²) in [4.78, 5) is 12.5. The lowest BCUT2D eigenvalue weighted by Crippen LogP contribution is -2.47. The fourth-order valence-corrected chi connectivity index (χ4v) is 4.50. The number of hydrogen-bond acceptors (Lipinski definition) is 8. The first-order valence-electron chi connectivity index (χ1n) is 11.8. The first-order chi connectivity index (χ1) is 17.8. The quantitative estimate of drug-likeness (QED) is 0.482. The number of alkyl halides is 3. The average molecular weight is 527 g/mol. The van der Waals surface area contributed by atoms with Crippen LogP contribution in [-0.4, -0.2) is 64.9 Å². The Hall–Kier alpha value is -4.08. The molecule has 0 saturated carbocycles. The smallest absolute Gasteiger partial charge is 0.408 e. The van der Waals surface area contributed by atoms with E-state index in [1.54, 1.807) is 18.1 Å². The van der Waals surface area contributed by atoms with Gasteiger partial charge in [-0.25, -0.2) is 9.97 Å². The number of nitrogens with two attached hydrogens (primary N) is 2. The van der Waals surface area contributed by atoms with Crippen LogP contribution in [0, 0.1) is 11.3 Å². The Kier molecular flexibility index (Phi) is 7.10. The van der Waals surface area contributed by atoms with Gasteiger partial charge in [0.25, 0.3) is 0 Å². The number of benzene rings is 1. The van der Waals surface area contributed by atoms with Crippen LogP contribution in [-0.2, 0) is 17.3 Å². The Balaban J connectivity index is 1.84. The van der Waals surface area contributed by atoms with Crippen LogP contribution in [0.5, 0.6) is 0 Å². The molecule has 0 amide bonds. The summed E-state index contributed by atoms with van der Waals surface area (Å²) in [5.74, 6) is -0.729. The summed E-state index contributed by atoms with van der Waals surface area (Å²) < 4.78 is 47.0. The highest BCUT2D eigenvalue weighted by Crippen LogP contribution is 2.41. The predicted octanol–water partition coefficient (Wildman–Crippen LogP) is 3.15. The minimum Gasteiger partial charge on any atom is -0.408 e. The molecule has 1 aliphatic carbocycles. The van der Waals surface area contributed by atoms with E-state index >= 15 is 0 Å². The van der Waals surface area contributed by atoms with Crippen molar-refractivity contribution < 1.29 is 17.9 Å². The number of ether oxygens (including phenoxy) is 1. The van der Waals surface area contributed by atoms with Crippen molar-refractivity contribution in [2.75, 3.05) is 34.2 Å². The standard InChI is InChI=1S/C26H29F3N8O/c1-35(2)9-10-36(3)21-11-22(38-26(27,28)29)25(32,12-19(21)31)24-33-14-16(13-30)23(34-24)18-15-37(4)20-8-6-5-7-17(18)20/h5-8,11,14-15H,9-10,12,31-32H2,1-4H3. The van der Waals surface area contributed by atoms with E-state index in [0.29, 0.717) is 24.4 Å². The number of aryl methyl sites for hydroxylation is 1. The molecule has 4 N–H and O–H groups in total. The minimum absolute atomic E-state index is 0.145. The first kappa shape index (κ1) is 27.0. The van der Waals surface area contributed by atoms with Gasteiger partial charge in [0.05, 0.1) is 17.0 Å². The highest BCUT2D eigenvalue weighted by atomic mass is 19.4. The topological polar surface area (TPSA) is 122 Å². The summed E-state index contributed by atoms with van der Waals surface area (Å²) in [6.45, 7) is 1.16. The fourth-order valence-electron chi connectivity index (χ4n) is 4.50. The van der Waals surface area contributed by atoms with Gasteiger partial charge in [-0.2, -0.15) is 5.26 Å². The SMILES string of the molecule is CN(C)CCN(C)C1=C(N)CC(N)(c2ncc(C#N)c(-c3cn(C)c4ccccc34)n2)C(OC(F)(F)F)=C1. The number of para-hydroxylation sites is 1. The summed E-state index contributed by atoms with van der Waals surface area (Å²) in [5.41, 5.74) is 13.6. The van der Waals surface area contributed by atoms with Crippen LogP contribution in [0.25, 0.3) is 22.2 Å². The molecule has 0 fully saturated rings. The molecule has 0 spiro atoms. The third-order valence-electron chi connectivity index (χ3n) is 6.49. The van der Waals surface area contributed by atoms with Crippen molar-refractivity contribution in [3.8, 4) is 17.3 Å². The number of fused-ring (bicyclic) bond motifs is 1. The molecule has 3 aromatic rings. The van der Waals surface area contributed by atoms with Crippen molar-refractivity contribution in [1.82, 2.24) is 24.3 Å². The normalized spacial score (nSPS) is 18.1. The van der Waals surface area contributed by atoms with Crippen LogP contribution in [0.2, 0.25) is 0 Å². The Morgan fingerprint density at radius 3 is 2.58 bits per heavy atom. The zero-order valence-corrected chi connectivity index (χ0v) is 21.5. The van der Waals surface area contributed by atoms with Gasteiger partial charge in [-0.15, -0.1) is 13.2 Å². The van der Waals surface area contributed by atoms with Crippen molar-refractivity contribution in [3.05, 3.63) is 71.3 Å². The monoisotopic (exact) mass is 526 g/mol.